The fourth-order valence-electron chi connectivity index (χ4n) is 6.40. The van der Waals surface area contributed by atoms with E-state index in [1.54, 1.807) is 25.6 Å². The third-order valence-electron chi connectivity index (χ3n) is 8.81. The highest BCUT2D eigenvalue weighted by Gasteiger charge is 2.59. The predicted molar refractivity (Wildman–Crippen MR) is 150 cm³/mol. The standard InChI is InChI=1S/C28H42N4O5S/c1-27-10-9-23(34)28(2,16-33)22(27)15-21-25(18(27)14-24(35)29-11-12-32(3)4)31-26(38-21)30-19-13-17(36-5)7-8-20(19)37-6/h7-8,13,18,22-23,33-34H,9-12,14-16H2,1-6H3,(H,29,35)(H,30,31). The molecule has 4 rings (SSSR count). The smallest absolute Gasteiger partial charge is 0.220 e. The van der Waals surface area contributed by atoms with Crippen molar-refractivity contribution in [2.45, 2.75) is 51.6 Å². The fourth-order valence-corrected chi connectivity index (χ4v) is 7.48. The number of methoxy groups -OCH3 is 2. The van der Waals surface area contributed by atoms with Crippen molar-refractivity contribution in [1.82, 2.24) is 15.2 Å². The SMILES string of the molecule is COc1ccc(OC)c(Nc2nc3c(s2)CC2C(C)(CO)C(O)CCC2(C)C3CC(=O)NCCN(C)C)c1. The van der Waals surface area contributed by atoms with E-state index in [0.29, 0.717) is 42.4 Å². The summed E-state index contributed by atoms with van der Waals surface area (Å²) in [5.41, 5.74) is 0.743. The Morgan fingerprint density at radius 3 is 2.68 bits per heavy atom. The molecule has 5 unspecified atom stereocenters. The van der Waals surface area contributed by atoms with Gasteiger partial charge in [0.15, 0.2) is 5.13 Å². The van der Waals surface area contributed by atoms with E-state index in [1.165, 1.54) is 0 Å². The second-order valence-corrected chi connectivity index (χ2v) is 12.5. The lowest BCUT2D eigenvalue weighted by Crippen LogP contribution is -2.57. The van der Waals surface area contributed by atoms with E-state index in [2.05, 4.69) is 17.6 Å². The molecule has 5 atom stereocenters. The van der Waals surface area contributed by atoms with Crippen LogP contribution in [0.5, 0.6) is 11.5 Å². The molecule has 4 N–H and O–H groups in total. The Hall–Kier alpha value is -2.40. The number of carbonyl (C=O) groups excluding carboxylic acids is 1. The minimum atomic E-state index is -0.655. The second-order valence-electron chi connectivity index (χ2n) is 11.4. The lowest BCUT2D eigenvalue weighted by molar-refractivity contribution is -0.144. The number of fused-ring (bicyclic) bond motifs is 2. The highest BCUT2D eigenvalue weighted by atomic mass is 32.1. The number of ether oxygens (including phenoxy) is 2. The Morgan fingerprint density at radius 2 is 2.03 bits per heavy atom. The average Bonchev–Trinajstić information content (AvgIpc) is 3.29. The number of nitrogens with one attached hydrogen (secondary N) is 2. The molecule has 0 spiro atoms. The molecule has 210 valence electrons. The normalized spacial score (nSPS) is 28.4. The van der Waals surface area contributed by atoms with Gasteiger partial charge < -0.3 is 35.2 Å². The number of benzene rings is 1. The minimum absolute atomic E-state index is 0.00141. The van der Waals surface area contributed by atoms with Crippen LogP contribution in [0, 0.1) is 16.7 Å². The van der Waals surface area contributed by atoms with Crippen LogP contribution in [0.4, 0.5) is 10.8 Å². The second kappa shape index (κ2) is 11.4. The molecule has 38 heavy (non-hydrogen) atoms. The first kappa shape index (κ1) is 28.6. The summed E-state index contributed by atoms with van der Waals surface area (Å²) in [5, 5.41) is 28.6. The summed E-state index contributed by atoms with van der Waals surface area (Å²) in [4.78, 5) is 21.3. The highest BCUT2D eigenvalue weighted by Crippen LogP contribution is 2.63. The summed E-state index contributed by atoms with van der Waals surface area (Å²) in [6.07, 6.45) is 1.79. The van der Waals surface area contributed by atoms with Gasteiger partial charge in [-0.1, -0.05) is 13.8 Å². The van der Waals surface area contributed by atoms with Crippen LogP contribution in [0.1, 0.15) is 49.6 Å². The van der Waals surface area contributed by atoms with Crippen LogP contribution in [-0.2, 0) is 11.2 Å². The Balaban J connectivity index is 1.70. The maximum atomic E-state index is 13.2. The summed E-state index contributed by atoms with van der Waals surface area (Å²) in [6, 6.07) is 5.56. The molecule has 1 saturated carbocycles. The average molecular weight is 547 g/mol. The number of rotatable bonds is 10. The van der Waals surface area contributed by atoms with E-state index in [1.807, 2.05) is 44.1 Å². The number of likely N-dealkylation sites (N-methyl/N-ethyl adjacent to an activating group) is 1. The quantitative estimate of drug-likeness (QED) is 0.359. The van der Waals surface area contributed by atoms with Gasteiger partial charge in [-0.05, 0) is 56.8 Å². The maximum Gasteiger partial charge on any atom is 0.220 e. The fraction of sp³-hybridized carbons (Fsp3) is 0.643. The third-order valence-corrected chi connectivity index (χ3v) is 9.82. The Bertz CT molecular complexity index is 1140. The first-order valence-electron chi connectivity index (χ1n) is 13.2. The van der Waals surface area contributed by atoms with Gasteiger partial charge in [-0.15, -0.1) is 11.3 Å². The number of carbonyl (C=O) groups is 1. The molecule has 0 aliphatic heterocycles. The molecule has 0 bridgehead atoms. The molecule has 1 amide bonds. The van der Waals surface area contributed by atoms with Gasteiger partial charge in [-0.25, -0.2) is 4.98 Å². The number of hydrogen-bond donors (Lipinski definition) is 4. The van der Waals surface area contributed by atoms with Gasteiger partial charge in [-0.3, -0.25) is 4.79 Å². The lowest BCUT2D eigenvalue weighted by atomic mass is 9.47. The van der Waals surface area contributed by atoms with Crippen molar-refractivity contribution in [2.75, 3.05) is 53.3 Å². The van der Waals surface area contributed by atoms with Crippen LogP contribution in [0.3, 0.4) is 0 Å². The first-order valence-corrected chi connectivity index (χ1v) is 14.1. The van der Waals surface area contributed by atoms with E-state index < -0.39 is 11.5 Å². The van der Waals surface area contributed by atoms with Crippen LogP contribution >= 0.6 is 11.3 Å². The molecule has 1 fully saturated rings. The molecule has 2 aromatic rings. The Labute approximate surface area is 229 Å². The molecule has 2 aliphatic rings. The van der Waals surface area contributed by atoms with Crippen molar-refractivity contribution in [3.05, 3.63) is 28.8 Å². The van der Waals surface area contributed by atoms with Crippen molar-refractivity contribution in [3.63, 3.8) is 0 Å². The largest absolute Gasteiger partial charge is 0.497 e. The van der Waals surface area contributed by atoms with Gasteiger partial charge in [-0.2, -0.15) is 0 Å². The van der Waals surface area contributed by atoms with Crippen LogP contribution in [-0.4, -0.2) is 80.1 Å². The molecular formula is C28H42N4O5S. The molecular weight excluding hydrogens is 504 g/mol. The van der Waals surface area contributed by atoms with E-state index in [4.69, 9.17) is 14.5 Å². The van der Waals surface area contributed by atoms with E-state index >= 15 is 0 Å². The monoisotopic (exact) mass is 546 g/mol. The number of anilines is 2. The number of hydrogen-bond acceptors (Lipinski definition) is 9. The summed E-state index contributed by atoms with van der Waals surface area (Å²) in [5.74, 6) is 1.25. The summed E-state index contributed by atoms with van der Waals surface area (Å²) >= 11 is 1.56. The topological polar surface area (TPSA) is 116 Å². The molecule has 1 aromatic heterocycles. The number of amides is 1. The molecule has 9 nitrogen and oxygen atoms in total. The molecule has 0 saturated heterocycles. The van der Waals surface area contributed by atoms with Gasteiger partial charge in [0.1, 0.15) is 11.5 Å². The van der Waals surface area contributed by atoms with Gasteiger partial charge in [0, 0.05) is 41.8 Å². The maximum absolute atomic E-state index is 13.2. The Kier molecular flexibility index (Phi) is 8.56. The van der Waals surface area contributed by atoms with Crippen molar-refractivity contribution in [1.29, 1.82) is 0 Å². The highest BCUT2D eigenvalue weighted by molar-refractivity contribution is 7.15. The number of thiazole rings is 1. The van der Waals surface area contributed by atoms with Crippen molar-refractivity contribution < 1.29 is 24.5 Å². The number of aliphatic hydroxyl groups is 2. The summed E-state index contributed by atoms with van der Waals surface area (Å²) in [6.45, 7) is 5.45. The van der Waals surface area contributed by atoms with Crippen molar-refractivity contribution in [3.8, 4) is 11.5 Å². The molecule has 1 aromatic carbocycles. The molecule has 0 radical (unpaired) electrons. The van der Waals surface area contributed by atoms with E-state index in [-0.39, 0.29) is 29.8 Å². The number of nitrogens with zero attached hydrogens (tertiary/aromatic N) is 2. The van der Waals surface area contributed by atoms with Gasteiger partial charge in [0.05, 0.1) is 38.3 Å². The first-order chi connectivity index (χ1) is 18.0. The summed E-state index contributed by atoms with van der Waals surface area (Å²) < 4.78 is 10.9. The number of aromatic nitrogens is 1. The lowest BCUT2D eigenvalue weighted by Gasteiger charge is -2.58. The van der Waals surface area contributed by atoms with Crippen LogP contribution in [0.15, 0.2) is 18.2 Å². The van der Waals surface area contributed by atoms with Gasteiger partial charge in [0.2, 0.25) is 5.91 Å². The third kappa shape index (κ3) is 5.36. The Morgan fingerprint density at radius 1 is 1.26 bits per heavy atom. The molecule has 2 aliphatic carbocycles. The zero-order chi connectivity index (χ0) is 27.7. The summed E-state index contributed by atoms with van der Waals surface area (Å²) in [7, 11) is 7.21. The molecule has 1 heterocycles. The predicted octanol–water partition coefficient (Wildman–Crippen LogP) is 3.39. The van der Waals surface area contributed by atoms with Gasteiger partial charge >= 0.3 is 0 Å². The van der Waals surface area contributed by atoms with Crippen LogP contribution < -0.4 is 20.1 Å². The van der Waals surface area contributed by atoms with Gasteiger partial charge in [0.25, 0.3) is 0 Å². The van der Waals surface area contributed by atoms with Crippen LogP contribution in [0.25, 0.3) is 0 Å². The zero-order valence-electron chi connectivity index (χ0n) is 23.3. The van der Waals surface area contributed by atoms with Crippen molar-refractivity contribution >= 4 is 28.1 Å². The van der Waals surface area contributed by atoms with Crippen LogP contribution in [0.2, 0.25) is 0 Å². The number of aliphatic hydroxyl groups excluding tert-OH is 2. The zero-order valence-corrected chi connectivity index (χ0v) is 24.2. The van der Waals surface area contributed by atoms with Crippen molar-refractivity contribution in [2.24, 2.45) is 16.7 Å². The minimum Gasteiger partial charge on any atom is -0.497 e. The van der Waals surface area contributed by atoms with E-state index in [0.717, 1.165) is 29.2 Å². The molecule has 10 heteroatoms. The van der Waals surface area contributed by atoms with E-state index in [9.17, 15) is 15.0 Å².